The third-order valence-corrected chi connectivity index (χ3v) is 4.48. The van der Waals surface area contributed by atoms with Gasteiger partial charge in [0.1, 0.15) is 5.75 Å². The molecule has 1 saturated heterocycles. The highest BCUT2D eigenvalue weighted by Crippen LogP contribution is 2.11. The van der Waals surface area contributed by atoms with Crippen molar-refractivity contribution in [2.45, 2.75) is 32.7 Å². The van der Waals surface area contributed by atoms with Gasteiger partial charge >= 0.3 is 0 Å². The number of piperidine rings is 1. The maximum atomic E-state index is 5.18. The third kappa shape index (κ3) is 8.27. The van der Waals surface area contributed by atoms with Crippen molar-refractivity contribution in [2.75, 3.05) is 40.3 Å². The van der Waals surface area contributed by atoms with Gasteiger partial charge in [-0.3, -0.25) is 4.99 Å². The molecule has 1 aromatic rings. The minimum atomic E-state index is 0. The molecule has 1 fully saturated rings. The fourth-order valence-electron chi connectivity index (χ4n) is 3.07. The molecule has 1 heterocycles. The van der Waals surface area contributed by atoms with Gasteiger partial charge in [-0.25, -0.2) is 0 Å². The Morgan fingerprint density at radius 2 is 1.84 bits per heavy atom. The fourth-order valence-corrected chi connectivity index (χ4v) is 3.07. The van der Waals surface area contributed by atoms with E-state index in [0.717, 1.165) is 24.8 Å². The number of hydrogen-bond acceptors (Lipinski definition) is 3. The molecule has 0 saturated carbocycles. The van der Waals surface area contributed by atoms with Gasteiger partial charge in [-0.15, -0.1) is 24.0 Å². The molecule has 1 atom stereocenters. The van der Waals surface area contributed by atoms with Gasteiger partial charge < -0.3 is 20.3 Å². The summed E-state index contributed by atoms with van der Waals surface area (Å²) in [6.07, 6.45) is 4.10. The molecular weight excluding hydrogens is 427 g/mol. The quantitative estimate of drug-likeness (QED) is 0.373. The van der Waals surface area contributed by atoms with Crippen molar-refractivity contribution in [3.8, 4) is 5.75 Å². The Morgan fingerprint density at radius 3 is 2.44 bits per heavy atom. The number of hydrogen-bond donors (Lipinski definition) is 2. The van der Waals surface area contributed by atoms with E-state index in [-0.39, 0.29) is 24.0 Å². The standard InChI is InChI=1S/C19H32N4O.HI/c1-16(15-23-11-5-4-6-12-23)13-21-19(20-2)22-14-17-7-9-18(24-3)10-8-17;/h7-10,16H,4-6,11-15H2,1-3H3,(H2,20,21,22);1H. The molecule has 0 aromatic heterocycles. The Labute approximate surface area is 169 Å². The third-order valence-electron chi connectivity index (χ3n) is 4.48. The molecule has 6 heteroatoms. The fraction of sp³-hybridized carbons (Fsp3) is 0.632. The number of likely N-dealkylation sites (tertiary alicyclic amines) is 1. The molecule has 1 aliphatic rings. The first-order valence-electron chi connectivity index (χ1n) is 9.01. The van der Waals surface area contributed by atoms with E-state index < -0.39 is 0 Å². The number of rotatable bonds is 7. The van der Waals surface area contributed by atoms with Gasteiger partial charge in [-0.1, -0.05) is 25.5 Å². The van der Waals surface area contributed by atoms with Crippen LogP contribution < -0.4 is 15.4 Å². The van der Waals surface area contributed by atoms with Crippen LogP contribution in [0, 0.1) is 5.92 Å². The smallest absolute Gasteiger partial charge is 0.191 e. The highest BCUT2D eigenvalue weighted by Gasteiger charge is 2.13. The van der Waals surface area contributed by atoms with Gasteiger partial charge in [-0.05, 0) is 49.5 Å². The van der Waals surface area contributed by atoms with Gasteiger partial charge in [0.05, 0.1) is 7.11 Å². The van der Waals surface area contributed by atoms with Crippen molar-refractivity contribution in [1.82, 2.24) is 15.5 Å². The predicted molar refractivity (Wildman–Crippen MR) is 116 cm³/mol. The topological polar surface area (TPSA) is 48.9 Å². The van der Waals surface area contributed by atoms with Crippen LogP contribution in [0.5, 0.6) is 5.75 Å². The molecule has 0 spiro atoms. The van der Waals surface area contributed by atoms with E-state index in [1.807, 2.05) is 19.2 Å². The van der Waals surface area contributed by atoms with Crippen LogP contribution in [-0.2, 0) is 6.54 Å². The molecule has 0 radical (unpaired) electrons. The van der Waals surface area contributed by atoms with Crippen LogP contribution in [0.4, 0.5) is 0 Å². The highest BCUT2D eigenvalue weighted by atomic mass is 127. The Kier molecular flexibility index (Phi) is 10.9. The molecule has 1 aromatic carbocycles. The molecule has 1 aliphatic heterocycles. The van der Waals surface area contributed by atoms with Crippen LogP contribution in [0.25, 0.3) is 0 Å². The summed E-state index contributed by atoms with van der Waals surface area (Å²) in [6.45, 7) is 7.69. The van der Waals surface area contributed by atoms with Crippen molar-refractivity contribution in [1.29, 1.82) is 0 Å². The molecule has 25 heavy (non-hydrogen) atoms. The number of nitrogens with one attached hydrogen (secondary N) is 2. The summed E-state index contributed by atoms with van der Waals surface area (Å²) >= 11 is 0. The van der Waals surface area contributed by atoms with Crippen LogP contribution in [-0.4, -0.2) is 51.2 Å². The number of nitrogens with zero attached hydrogens (tertiary/aromatic N) is 2. The van der Waals surface area contributed by atoms with Gasteiger partial charge in [-0.2, -0.15) is 0 Å². The summed E-state index contributed by atoms with van der Waals surface area (Å²) in [4.78, 5) is 6.90. The van der Waals surface area contributed by atoms with Gasteiger partial charge in [0.15, 0.2) is 5.96 Å². The van der Waals surface area contributed by atoms with Gasteiger partial charge in [0, 0.05) is 26.7 Å². The summed E-state index contributed by atoms with van der Waals surface area (Å²) in [5.74, 6) is 2.35. The Morgan fingerprint density at radius 1 is 1.16 bits per heavy atom. The lowest BCUT2D eigenvalue weighted by Gasteiger charge is -2.29. The number of guanidine groups is 1. The second-order valence-electron chi connectivity index (χ2n) is 6.62. The Bertz CT molecular complexity index is 501. The lowest BCUT2D eigenvalue weighted by atomic mass is 10.1. The van der Waals surface area contributed by atoms with E-state index in [1.54, 1.807) is 7.11 Å². The number of ether oxygens (including phenoxy) is 1. The molecule has 0 bridgehead atoms. The van der Waals surface area contributed by atoms with Crippen molar-refractivity contribution in [2.24, 2.45) is 10.9 Å². The number of halogens is 1. The first-order valence-corrected chi connectivity index (χ1v) is 9.01. The van der Waals surface area contributed by atoms with E-state index in [4.69, 9.17) is 4.74 Å². The predicted octanol–water partition coefficient (Wildman–Crippen LogP) is 3.10. The molecule has 2 rings (SSSR count). The Balaban J connectivity index is 0.00000312. The summed E-state index contributed by atoms with van der Waals surface area (Å²) in [6, 6.07) is 8.10. The van der Waals surface area contributed by atoms with Gasteiger partial charge in [0.25, 0.3) is 0 Å². The second-order valence-corrected chi connectivity index (χ2v) is 6.62. The van der Waals surface area contributed by atoms with Gasteiger partial charge in [0.2, 0.25) is 0 Å². The number of benzene rings is 1. The monoisotopic (exact) mass is 460 g/mol. The lowest BCUT2D eigenvalue weighted by Crippen LogP contribution is -2.42. The summed E-state index contributed by atoms with van der Waals surface area (Å²) in [7, 11) is 3.50. The average Bonchev–Trinajstić information content (AvgIpc) is 2.63. The molecule has 142 valence electrons. The minimum absolute atomic E-state index is 0. The van der Waals surface area contributed by atoms with E-state index >= 15 is 0 Å². The maximum Gasteiger partial charge on any atom is 0.191 e. The maximum absolute atomic E-state index is 5.18. The zero-order valence-corrected chi connectivity index (χ0v) is 18.1. The largest absolute Gasteiger partial charge is 0.497 e. The van der Waals surface area contributed by atoms with Crippen LogP contribution >= 0.6 is 24.0 Å². The molecule has 0 amide bonds. The minimum Gasteiger partial charge on any atom is -0.497 e. The molecular formula is C19H33IN4O. The van der Waals surface area contributed by atoms with Crippen LogP contribution in [0.3, 0.4) is 0 Å². The van der Waals surface area contributed by atoms with Crippen LogP contribution in [0.2, 0.25) is 0 Å². The summed E-state index contributed by atoms with van der Waals surface area (Å²) in [5, 5.41) is 6.81. The first kappa shape index (κ1) is 22.0. The van der Waals surface area contributed by atoms with E-state index in [0.29, 0.717) is 5.92 Å². The van der Waals surface area contributed by atoms with Crippen molar-refractivity contribution in [3.63, 3.8) is 0 Å². The van der Waals surface area contributed by atoms with E-state index in [9.17, 15) is 0 Å². The first-order chi connectivity index (χ1) is 11.7. The summed E-state index contributed by atoms with van der Waals surface area (Å²) < 4.78 is 5.18. The molecule has 5 nitrogen and oxygen atoms in total. The number of aliphatic imine (C=N–C) groups is 1. The average molecular weight is 460 g/mol. The van der Waals surface area contributed by atoms with Crippen molar-refractivity contribution < 1.29 is 4.74 Å². The highest BCUT2D eigenvalue weighted by molar-refractivity contribution is 14.0. The second kappa shape index (κ2) is 12.4. The summed E-state index contributed by atoms with van der Waals surface area (Å²) in [5.41, 5.74) is 1.21. The molecule has 1 unspecified atom stereocenters. The van der Waals surface area contributed by atoms with Crippen molar-refractivity contribution in [3.05, 3.63) is 29.8 Å². The van der Waals surface area contributed by atoms with Crippen LogP contribution in [0.1, 0.15) is 31.7 Å². The normalized spacial score (nSPS) is 16.7. The van der Waals surface area contributed by atoms with Crippen molar-refractivity contribution >= 4 is 29.9 Å². The van der Waals surface area contributed by atoms with Crippen LogP contribution in [0.15, 0.2) is 29.3 Å². The molecule has 2 N–H and O–H groups in total. The Hall–Kier alpha value is -1.02. The zero-order chi connectivity index (χ0) is 17.2. The zero-order valence-electron chi connectivity index (χ0n) is 15.8. The van der Waals surface area contributed by atoms with E-state index in [1.165, 1.54) is 44.5 Å². The lowest BCUT2D eigenvalue weighted by molar-refractivity contribution is 0.201. The van der Waals surface area contributed by atoms with E-state index in [2.05, 4.69) is 39.6 Å². The SMILES string of the molecule is CN=C(NCc1ccc(OC)cc1)NCC(C)CN1CCCCC1.I. The number of methoxy groups -OCH3 is 1. The molecule has 0 aliphatic carbocycles.